The van der Waals surface area contributed by atoms with Crippen LogP contribution in [0.3, 0.4) is 0 Å². The normalized spacial score (nSPS) is 20.5. The zero-order chi connectivity index (χ0) is 22.5. The van der Waals surface area contributed by atoms with Gasteiger partial charge in [0.2, 0.25) is 17.7 Å². The molecule has 10 heteroatoms. The molecule has 0 radical (unpaired) electrons. The molecule has 2 heterocycles. The fraction of sp³-hybridized carbons (Fsp3) is 0.571. The molecule has 1 aromatic rings. The van der Waals surface area contributed by atoms with E-state index >= 15 is 0 Å². The Hall–Kier alpha value is -2.62. The molecule has 0 saturated carbocycles. The van der Waals surface area contributed by atoms with E-state index in [-0.39, 0.29) is 48.6 Å². The number of likely N-dealkylation sites (tertiary alicyclic amines) is 1. The molecular formula is C21H27F3N4O3. The first-order valence-electron chi connectivity index (χ1n) is 10.5. The van der Waals surface area contributed by atoms with Crippen LogP contribution in [0.4, 0.5) is 13.2 Å². The predicted octanol–water partition coefficient (Wildman–Crippen LogP) is 0.997. The molecule has 170 valence electrons. The Labute approximate surface area is 178 Å². The maximum atomic E-state index is 13.9. The van der Waals surface area contributed by atoms with E-state index in [4.69, 9.17) is 5.73 Å². The van der Waals surface area contributed by atoms with Crippen molar-refractivity contribution in [2.75, 3.05) is 19.6 Å². The van der Waals surface area contributed by atoms with Crippen LogP contribution >= 0.6 is 0 Å². The second kappa shape index (κ2) is 10.1. The molecule has 1 aromatic carbocycles. The van der Waals surface area contributed by atoms with Gasteiger partial charge in [-0.1, -0.05) is 0 Å². The summed E-state index contributed by atoms with van der Waals surface area (Å²) in [6.45, 7) is 1.17. The van der Waals surface area contributed by atoms with Gasteiger partial charge in [-0.2, -0.15) is 0 Å². The molecule has 0 aromatic heterocycles. The first kappa shape index (κ1) is 23.1. The number of amides is 3. The summed E-state index contributed by atoms with van der Waals surface area (Å²) >= 11 is 0. The third-order valence-electron chi connectivity index (χ3n) is 5.99. The molecule has 31 heavy (non-hydrogen) atoms. The molecule has 0 bridgehead atoms. The number of rotatable bonds is 7. The van der Waals surface area contributed by atoms with Gasteiger partial charge >= 0.3 is 0 Å². The minimum absolute atomic E-state index is 0.0299. The zero-order valence-corrected chi connectivity index (χ0v) is 17.1. The number of nitrogens with one attached hydrogen (secondary N) is 2. The van der Waals surface area contributed by atoms with Crippen molar-refractivity contribution in [1.82, 2.24) is 15.5 Å². The van der Waals surface area contributed by atoms with Gasteiger partial charge in [0.1, 0.15) is 11.9 Å². The molecule has 2 aliphatic heterocycles. The molecule has 1 unspecified atom stereocenters. The fourth-order valence-corrected chi connectivity index (χ4v) is 4.10. The molecule has 3 amide bonds. The Morgan fingerprint density at radius 1 is 1.13 bits per heavy atom. The topological polar surface area (TPSA) is 105 Å². The molecular weight excluding hydrogens is 413 g/mol. The highest BCUT2D eigenvalue weighted by Gasteiger charge is 2.29. The second-order valence-electron chi connectivity index (χ2n) is 8.14. The lowest BCUT2D eigenvalue weighted by molar-refractivity contribution is -0.133. The molecule has 2 fully saturated rings. The van der Waals surface area contributed by atoms with E-state index in [2.05, 4.69) is 10.6 Å². The molecule has 3 rings (SSSR count). The number of nitrogens with zero attached hydrogens (tertiary/aromatic N) is 1. The maximum Gasteiger partial charge on any atom is 0.242 e. The first-order chi connectivity index (χ1) is 14.7. The summed E-state index contributed by atoms with van der Waals surface area (Å²) in [4.78, 5) is 37.2. The zero-order valence-electron chi connectivity index (χ0n) is 17.1. The van der Waals surface area contributed by atoms with E-state index in [1.54, 1.807) is 4.90 Å². The van der Waals surface area contributed by atoms with Gasteiger partial charge in [-0.05, 0) is 43.2 Å². The molecule has 0 spiro atoms. The van der Waals surface area contributed by atoms with E-state index in [0.717, 1.165) is 6.07 Å². The van der Waals surface area contributed by atoms with Crippen molar-refractivity contribution in [3.63, 3.8) is 0 Å². The standard InChI is InChI=1S/C21H27F3N4O3/c22-14-11-16(24)15(23)9-13(14)10-17(25)12-4-7-28(8-5-12)20(30)3-6-26-21(31)18-1-2-19(29)27-18/h9,11-12,17-18H,1-8,10,25H2,(H,26,31)(H,27,29)/t17-,18?/m1/s1. The molecule has 2 atom stereocenters. The summed E-state index contributed by atoms with van der Waals surface area (Å²) in [6.07, 6.45) is 2.28. The van der Waals surface area contributed by atoms with E-state index in [0.29, 0.717) is 44.8 Å². The Bertz CT molecular complexity index is 843. The van der Waals surface area contributed by atoms with Crippen LogP contribution in [0.5, 0.6) is 0 Å². The maximum absolute atomic E-state index is 13.9. The number of benzene rings is 1. The Balaban J connectivity index is 1.39. The lowest BCUT2D eigenvalue weighted by Gasteiger charge is -2.35. The molecule has 4 N–H and O–H groups in total. The number of carbonyl (C=O) groups excluding carboxylic acids is 3. The van der Waals surface area contributed by atoms with E-state index in [1.807, 2.05) is 0 Å². The third kappa shape index (κ3) is 5.96. The Morgan fingerprint density at radius 2 is 1.81 bits per heavy atom. The van der Waals surface area contributed by atoms with Crippen LogP contribution in [0.15, 0.2) is 12.1 Å². The van der Waals surface area contributed by atoms with Crippen molar-refractivity contribution in [3.05, 3.63) is 35.1 Å². The summed E-state index contributed by atoms with van der Waals surface area (Å²) < 4.78 is 40.3. The summed E-state index contributed by atoms with van der Waals surface area (Å²) in [5.74, 6) is -3.65. The Morgan fingerprint density at radius 3 is 2.45 bits per heavy atom. The van der Waals surface area contributed by atoms with Gasteiger partial charge in [0.05, 0.1) is 0 Å². The summed E-state index contributed by atoms with van der Waals surface area (Å²) in [7, 11) is 0. The van der Waals surface area contributed by atoms with Gasteiger partial charge in [-0.3, -0.25) is 14.4 Å². The lowest BCUT2D eigenvalue weighted by Crippen LogP contribution is -2.46. The number of carbonyl (C=O) groups is 3. The summed E-state index contributed by atoms with van der Waals surface area (Å²) in [5.41, 5.74) is 6.22. The van der Waals surface area contributed by atoms with Crippen molar-refractivity contribution in [3.8, 4) is 0 Å². The van der Waals surface area contributed by atoms with E-state index in [9.17, 15) is 27.6 Å². The van der Waals surface area contributed by atoms with Gasteiger partial charge in [-0.15, -0.1) is 0 Å². The van der Waals surface area contributed by atoms with E-state index in [1.165, 1.54) is 0 Å². The number of nitrogens with two attached hydrogens (primary N) is 1. The van der Waals surface area contributed by atoms with Gasteiger partial charge in [0.15, 0.2) is 11.6 Å². The average Bonchev–Trinajstić information content (AvgIpc) is 3.18. The minimum Gasteiger partial charge on any atom is -0.354 e. The highest BCUT2D eigenvalue weighted by Crippen LogP contribution is 2.24. The van der Waals surface area contributed by atoms with E-state index < -0.39 is 29.5 Å². The van der Waals surface area contributed by atoms with Crippen molar-refractivity contribution < 1.29 is 27.6 Å². The van der Waals surface area contributed by atoms with Crippen LogP contribution in [0.2, 0.25) is 0 Å². The average molecular weight is 440 g/mol. The number of hydrogen-bond donors (Lipinski definition) is 3. The molecule has 0 aliphatic carbocycles. The number of hydrogen-bond acceptors (Lipinski definition) is 4. The van der Waals surface area contributed by atoms with Crippen molar-refractivity contribution in [2.24, 2.45) is 11.7 Å². The van der Waals surface area contributed by atoms with Crippen LogP contribution in [-0.4, -0.2) is 54.3 Å². The van der Waals surface area contributed by atoms with Crippen LogP contribution in [-0.2, 0) is 20.8 Å². The van der Waals surface area contributed by atoms with Crippen molar-refractivity contribution >= 4 is 17.7 Å². The monoisotopic (exact) mass is 440 g/mol. The van der Waals surface area contributed by atoms with Gasteiger partial charge in [0.25, 0.3) is 0 Å². The largest absolute Gasteiger partial charge is 0.354 e. The van der Waals surface area contributed by atoms with Gasteiger partial charge in [0, 0.05) is 44.6 Å². The number of halogens is 3. The highest BCUT2D eigenvalue weighted by atomic mass is 19.2. The first-order valence-corrected chi connectivity index (χ1v) is 10.5. The van der Waals surface area contributed by atoms with Crippen molar-refractivity contribution in [2.45, 2.75) is 50.6 Å². The summed E-state index contributed by atoms with van der Waals surface area (Å²) in [6, 6.07) is 0.406. The Kier molecular flexibility index (Phi) is 7.53. The SMILES string of the molecule is N[C@H](Cc1cc(F)c(F)cc1F)C1CCN(C(=O)CCNC(=O)C2CCC(=O)N2)CC1. The van der Waals surface area contributed by atoms with Gasteiger partial charge < -0.3 is 21.3 Å². The fourth-order valence-electron chi connectivity index (χ4n) is 4.10. The van der Waals surface area contributed by atoms with Crippen molar-refractivity contribution in [1.29, 1.82) is 0 Å². The molecule has 2 saturated heterocycles. The van der Waals surface area contributed by atoms with Crippen LogP contribution in [0.1, 0.15) is 37.7 Å². The van der Waals surface area contributed by atoms with Crippen LogP contribution < -0.4 is 16.4 Å². The number of piperidine rings is 1. The quantitative estimate of drug-likeness (QED) is 0.550. The third-order valence-corrected chi connectivity index (χ3v) is 5.99. The highest BCUT2D eigenvalue weighted by molar-refractivity contribution is 5.91. The van der Waals surface area contributed by atoms with Crippen LogP contribution in [0.25, 0.3) is 0 Å². The smallest absolute Gasteiger partial charge is 0.242 e. The predicted molar refractivity (Wildman–Crippen MR) is 106 cm³/mol. The van der Waals surface area contributed by atoms with Crippen LogP contribution in [0, 0.1) is 23.4 Å². The molecule has 2 aliphatic rings. The summed E-state index contributed by atoms with van der Waals surface area (Å²) in [5, 5.41) is 5.25. The minimum atomic E-state index is -1.23. The van der Waals surface area contributed by atoms with Gasteiger partial charge in [-0.25, -0.2) is 13.2 Å². The lowest BCUT2D eigenvalue weighted by atomic mass is 9.86. The second-order valence-corrected chi connectivity index (χ2v) is 8.14. The molecule has 7 nitrogen and oxygen atoms in total.